The van der Waals surface area contributed by atoms with Gasteiger partial charge in [0.05, 0.1) is 19.8 Å². The van der Waals surface area contributed by atoms with Gasteiger partial charge in [-0.05, 0) is 31.0 Å². The molecular weight excluding hydrogens is 318 g/mol. The SMILES string of the molecule is CCCN(CCC)C(=O)CNc1cccc(C(=O)N2CCOCC2)c1. The average Bonchev–Trinajstić information content (AvgIpc) is 2.66. The van der Waals surface area contributed by atoms with Crippen molar-refractivity contribution in [1.82, 2.24) is 9.80 Å². The van der Waals surface area contributed by atoms with Crippen molar-refractivity contribution in [2.24, 2.45) is 0 Å². The molecule has 1 fully saturated rings. The van der Waals surface area contributed by atoms with Gasteiger partial charge in [0.2, 0.25) is 5.91 Å². The number of morpholine rings is 1. The van der Waals surface area contributed by atoms with Crippen molar-refractivity contribution in [2.45, 2.75) is 26.7 Å². The van der Waals surface area contributed by atoms with E-state index < -0.39 is 0 Å². The van der Waals surface area contributed by atoms with Gasteiger partial charge in [0.1, 0.15) is 0 Å². The quantitative estimate of drug-likeness (QED) is 0.783. The van der Waals surface area contributed by atoms with Crippen molar-refractivity contribution in [2.75, 3.05) is 51.3 Å². The number of nitrogens with zero attached hydrogens (tertiary/aromatic N) is 2. The van der Waals surface area contributed by atoms with Crippen LogP contribution in [0, 0.1) is 0 Å². The maximum atomic E-state index is 12.5. The summed E-state index contributed by atoms with van der Waals surface area (Å²) in [4.78, 5) is 28.6. The molecule has 2 amide bonds. The molecule has 1 aliphatic rings. The fourth-order valence-corrected chi connectivity index (χ4v) is 2.90. The van der Waals surface area contributed by atoms with Crippen LogP contribution in [0.1, 0.15) is 37.0 Å². The second-order valence-electron chi connectivity index (χ2n) is 6.22. The van der Waals surface area contributed by atoms with E-state index in [2.05, 4.69) is 19.2 Å². The van der Waals surface area contributed by atoms with E-state index in [0.717, 1.165) is 31.6 Å². The molecule has 0 aromatic heterocycles. The molecule has 1 aliphatic heterocycles. The second kappa shape index (κ2) is 10.0. The monoisotopic (exact) mass is 347 g/mol. The van der Waals surface area contributed by atoms with Crippen LogP contribution >= 0.6 is 0 Å². The lowest BCUT2D eigenvalue weighted by Gasteiger charge is -2.27. The largest absolute Gasteiger partial charge is 0.378 e. The van der Waals surface area contributed by atoms with Gasteiger partial charge in [0.15, 0.2) is 0 Å². The molecule has 1 N–H and O–H groups in total. The summed E-state index contributed by atoms with van der Waals surface area (Å²) < 4.78 is 5.29. The van der Waals surface area contributed by atoms with Crippen LogP contribution in [-0.4, -0.2) is 67.6 Å². The average molecular weight is 347 g/mol. The summed E-state index contributed by atoms with van der Waals surface area (Å²) in [6.45, 7) is 8.37. The van der Waals surface area contributed by atoms with Crippen LogP contribution < -0.4 is 5.32 Å². The fourth-order valence-electron chi connectivity index (χ4n) is 2.90. The molecular formula is C19H29N3O3. The molecule has 1 aromatic rings. The summed E-state index contributed by atoms with van der Waals surface area (Å²) in [5, 5.41) is 3.15. The van der Waals surface area contributed by atoms with Gasteiger partial charge in [0.25, 0.3) is 5.91 Å². The molecule has 1 aromatic carbocycles. The lowest BCUT2D eigenvalue weighted by Crippen LogP contribution is -2.40. The van der Waals surface area contributed by atoms with Crippen molar-refractivity contribution >= 4 is 17.5 Å². The van der Waals surface area contributed by atoms with Crippen molar-refractivity contribution < 1.29 is 14.3 Å². The van der Waals surface area contributed by atoms with Crippen LogP contribution in [0.4, 0.5) is 5.69 Å². The Kier molecular flexibility index (Phi) is 7.73. The van der Waals surface area contributed by atoms with Crippen LogP contribution in [0.5, 0.6) is 0 Å². The Hall–Kier alpha value is -2.08. The van der Waals surface area contributed by atoms with Gasteiger partial charge >= 0.3 is 0 Å². The number of hydrogen-bond acceptors (Lipinski definition) is 4. The minimum atomic E-state index is 0.0110. The molecule has 0 spiro atoms. The van der Waals surface area contributed by atoms with Crippen molar-refractivity contribution in [1.29, 1.82) is 0 Å². The van der Waals surface area contributed by atoms with Gasteiger partial charge < -0.3 is 19.9 Å². The molecule has 0 unspecified atom stereocenters. The van der Waals surface area contributed by atoms with Gasteiger partial charge in [0, 0.05) is 37.4 Å². The number of anilines is 1. The number of benzene rings is 1. The first-order valence-electron chi connectivity index (χ1n) is 9.14. The summed E-state index contributed by atoms with van der Waals surface area (Å²) in [6.07, 6.45) is 1.91. The molecule has 1 heterocycles. The number of carbonyl (C=O) groups excluding carboxylic acids is 2. The standard InChI is InChI=1S/C19H29N3O3/c1-3-8-21(9-4-2)18(23)15-20-17-7-5-6-16(14-17)19(24)22-10-12-25-13-11-22/h5-7,14,20H,3-4,8-13,15H2,1-2H3. The van der Waals surface area contributed by atoms with Crippen LogP contribution in [0.25, 0.3) is 0 Å². The highest BCUT2D eigenvalue weighted by atomic mass is 16.5. The molecule has 6 heteroatoms. The number of hydrogen-bond donors (Lipinski definition) is 1. The Morgan fingerprint density at radius 2 is 1.84 bits per heavy atom. The van der Waals surface area contributed by atoms with Crippen molar-refractivity contribution in [3.8, 4) is 0 Å². The van der Waals surface area contributed by atoms with Crippen LogP contribution in [0.2, 0.25) is 0 Å². The Balaban J connectivity index is 1.94. The number of rotatable bonds is 8. The van der Waals surface area contributed by atoms with Crippen LogP contribution in [0.3, 0.4) is 0 Å². The third-order valence-electron chi connectivity index (χ3n) is 4.19. The topological polar surface area (TPSA) is 61.9 Å². The van der Waals surface area contributed by atoms with Crippen molar-refractivity contribution in [3.05, 3.63) is 29.8 Å². The number of ether oxygens (including phenoxy) is 1. The second-order valence-corrected chi connectivity index (χ2v) is 6.22. The minimum Gasteiger partial charge on any atom is -0.378 e. The number of nitrogens with one attached hydrogen (secondary N) is 1. The first kappa shape index (κ1) is 19.2. The van der Waals surface area contributed by atoms with Gasteiger partial charge in [-0.25, -0.2) is 0 Å². The molecule has 0 bridgehead atoms. The Morgan fingerprint density at radius 1 is 1.16 bits per heavy atom. The van der Waals surface area contributed by atoms with E-state index in [9.17, 15) is 9.59 Å². The molecule has 0 saturated carbocycles. The summed E-state index contributed by atoms with van der Waals surface area (Å²) in [5.41, 5.74) is 1.43. The fraction of sp³-hybridized carbons (Fsp3) is 0.579. The molecule has 138 valence electrons. The first-order chi connectivity index (χ1) is 12.2. The van der Waals surface area contributed by atoms with Crippen molar-refractivity contribution in [3.63, 3.8) is 0 Å². The van der Waals surface area contributed by atoms with E-state index in [-0.39, 0.29) is 18.4 Å². The van der Waals surface area contributed by atoms with Crippen LogP contribution in [0.15, 0.2) is 24.3 Å². The first-order valence-corrected chi connectivity index (χ1v) is 9.14. The highest BCUT2D eigenvalue weighted by Gasteiger charge is 2.18. The summed E-state index contributed by atoms with van der Waals surface area (Å²) >= 11 is 0. The predicted octanol–water partition coefficient (Wildman–Crippen LogP) is 2.22. The molecule has 0 aliphatic carbocycles. The minimum absolute atomic E-state index is 0.0110. The third-order valence-corrected chi connectivity index (χ3v) is 4.19. The lowest BCUT2D eigenvalue weighted by atomic mass is 10.1. The van der Waals surface area contributed by atoms with Gasteiger partial charge in [-0.3, -0.25) is 9.59 Å². The summed E-state index contributed by atoms with van der Waals surface area (Å²) in [6, 6.07) is 7.35. The molecule has 25 heavy (non-hydrogen) atoms. The lowest BCUT2D eigenvalue weighted by molar-refractivity contribution is -0.129. The van der Waals surface area contributed by atoms with Gasteiger partial charge in [-0.1, -0.05) is 19.9 Å². The zero-order valence-corrected chi connectivity index (χ0v) is 15.3. The summed E-state index contributed by atoms with van der Waals surface area (Å²) in [5.74, 6) is 0.102. The molecule has 0 radical (unpaired) electrons. The van der Waals surface area contributed by atoms with Crippen LogP contribution in [-0.2, 0) is 9.53 Å². The Bertz CT molecular complexity index is 565. The zero-order valence-electron chi connectivity index (χ0n) is 15.3. The van der Waals surface area contributed by atoms with E-state index in [1.54, 1.807) is 4.90 Å². The molecule has 2 rings (SSSR count). The normalized spacial score (nSPS) is 14.2. The molecule has 6 nitrogen and oxygen atoms in total. The van der Waals surface area contributed by atoms with E-state index in [0.29, 0.717) is 31.9 Å². The predicted molar refractivity (Wildman–Crippen MR) is 98.8 cm³/mol. The summed E-state index contributed by atoms with van der Waals surface area (Å²) in [7, 11) is 0. The highest BCUT2D eigenvalue weighted by Crippen LogP contribution is 2.14. The highest BCUT2D eigenvalue weighted by molar-refractivity contribution is 5.95. The maximum Gasteiger partial charge on any atom is 0.254 e. The van der Waals surface area contributed by atoms with Gasteiger partial charge in [-0.15, -0.1) is 0 Å². The van der Waals surface area contributed by atoms with E-state index >= 15 is 0 Å². The zero-order chi connectivity index (χ0) is 18.1. The maximum absolute atomic E-state index is 12.5. The Morgan fingerprint density at radius 3 is 2.48 bits per heavy atom. The number of amides is 2. The Labute approximate surface area is 150 Å². The molecule has 0 atom stereocenters. The van der Waals surface area contributed by atoms with E-state index in [1.807, 2.05) is 29.2 Å². The smallest absolute Gasteiger partial charge is 0.254 e. The van der Waals surface area contributed by atoms with Gasteiger partial charge in [-0.2, -0.15) is 0 Å². The van der Waals surface area contributed by atoms with E-state index in [4.69, 9.17) is 4.74 Å². The molecule has 1 saturated heterocycles. The third kappa shape index (κ3) is 5.74. The number of carbonyl (C=O) groups is 2. The van der Waals surface area contributed by atoms with E-state index in [1.165, 1.54) is 0 Å².